The first-order valence-electron chi connectivity index (χ1n) is 8.24. The monoisotopic (exact) mass is 343 g/mol. The van der Waals surface area contributed by atoms with Gasteiger partial charge in [0.25, 0.3) is 0 Å². The summed E-state index contributed by atoms with van der Waals surface area (Å²) in [5.74, 6) is 0.0393. The molecule has 3 rings (SSSR count). The van der Waals surface area contributed by atoms with Gasteiger partial charge in [0.2, 0.25) is 5.91 Å². The average Bonchev–Trinajstić information content (AvgIpc) is 2.62. The van der Waals surface area contributed by atoms with Crippen molar-refractivity contribution < 1.29 is 4.79 Å². The van der Waals surface area contributed by atoms with Gasteiger partial charge in [-0.05, 0) is 37.3 Å². The van der Waals surface area contributed by atoms with Gasteiger partial charge in [-0.15, -0.1) is 0 Å². The summed E-state index contributed by atoms with van der Waals surface area (Å²) >= 11 is 6.07. The number of carbonyl (C=O) groups is 1. The highest BCUT2D eigenvalue weighted by molar-refractivity contribution is 6.30. The molecule has 2 aromatic carbocycles. The highest BCUT2D eigenvalue weighted by Crippen LogP contribution is 2.21. The van der Waals surface area contributed by atoms with E-state index in [4.69, 9.17) is 11.6 Å². The van der Waals surface area contributed by atoms with Gasteiger partial charge in [-0.2, -0.15) is 0 Å². The third-order valence-electron chi connectivity index (χ3n) is 4.46. The molecule has 5 heteroatoms. The van der Waals surface area contributed by atoms with E-state index in [1.165, 1.54) is 0 Å². The minimum atomic E-state index is -0.147. The summed E-state index contributed by atoms with van der Waals surface area (Å²) in [6.45, 7) is 5.46. The average molecular weight is 344 g/mol. The van der Waals surface area contributed by atoms with Crippen LogP contribution in [0, 0.1) is 0 Å². The fourth-order valence-electron chi connectivity index (χ4n) is 2.97. The maximum Gasteiger partial charge on any atom is 0.241 e. The van der Waals surface area contributed by atoms with Crippen LogP contribution < -0.4 is 10.2 Å². The van der Waals surface area contributed by atoms with Crippen LogP contribution in [0.4, 0.5) is 11.4 Å². The molecule has 24 heavy (non-hydrogen) atoms. The first-order chi connectivity index (χ1) is 11.6. The lowest BCUT2D eigenvalue weighted by Crippen LogP contribution is -2.52. The smallest absolute Gasteiger partial charge is 0.241 e. The number of hydrogen-bond donors (Lipinski definition) is 1. The number of rotatable bonds is 4. The molecular formula is C19H22ClN3O. The molecule has 0 aliphatic carbocycles. The van der Waals surface area contributed by atoms with Gasteiger partial charge in [-0.25, -0.2) is 0 Å². The van der Waals surface area contributed by atoms with E-state index in [9.17, 15) is 4.79 Å². The van der Waals surface area contributed by atoms with Crippen LogP contribution in [-0.2, 0) is 4.79 Å². The minimum Gasteiger partial charge on any atom is -0.369 e. The van der Waals surface area contributed by atoms with E-state index in [0.29, 0.717) is 0 Å². The molecule has 1 heterocycles. The van der Waals surface area contributed by atoms with E-state index in [1.54, 1.807) is 0 Å². The van der Waals surface area contributed by atoms with Crippen LogP contribution in [0.2, 0.25) is 5.02 Å². The molecule has 0 spiro atoms. The molecular weight excluding hydrogens is 322 g/mol. The second-order valence-corrected chi connectivity index (χ2v) is 6.47. The summed E-state index contributed by atoms with van der Waals surface area (Å²) in [7, 11) is 0. The van der Waals surface area contributed by atoms with E-state index in [0.717, 1.165) is 42.6 Å². The number of benzene rings is 2. The largest absolute Gasteiger partial charge is 0.369 e. The van der Waals surface area contributed by atoms with Crippen LogP contribution in [0.5, 0.6) is 0 Å². The first-order valence-corrected chi connectivity index (χ1v) is 8.62. The Hall–Kier alpha value is -2.04. The van der Waals surface area contributed by atoms with E-state index >= 15 is 0 Å². The predicted octanol–water partition coefficient (Wildman–Crippen LogP) is 3.49. The van der Waals surface area contributed by atoms with Crippen LogP contribution in [0.1, 0.15) is 6.92 Å². The summed E-state index contributed by atoms with van der Waals surface area (Å²) in [5, 5.41) is 3.73. The highest BCUT2D eigenvalue weighted by atomic mass is 35.5. The number of nitrogens with one attached hydrogen (secondary N) is 1. The second kappa shape index (κ2) is 7.69. The Kier molecular flexibility index (Phi) is 5.38. The second-order valence-electron chi connectivity index (χ2n) is 6.03. The van der Waals surface area contributed by atoms with Crippen LogP contribution in [0.25, 0.3) is 0 Å². The summed E-state index contributed by atoms with van der Waals surface area (Å²) in [5.41, 5.74) is 1.98. The van der Waals surface area contributed by atoms with Gasteiger partial charge in [0.05, 0.1) is 6.04 Å². The van der Waals surface area contributed by atoms with Crippen molar-refractivity contribution in [3.63, 3.8) is 0 Å². The fraction of sp³-hybridized carbons (Fsp3) is 0.316. The molecule has 0 radical (unpaired) electrons. The molecule has 1 unspecified atom stereocenters. The number of piperazine rings is 1. The topological polar surface area (TPSA) is 35.6 Å². The van der Waals surface area contributed by atoms with Crippen molar-refractivity contribution >= 4 is 28.9 Å². The van der Waals surface area contributed by atoms with Gasteiger partial charge in [0.1, 0.15) is 0 Å². The summed E-state index contributed by atoms with van der Waals surface area (Å²) in [6.07, 6.45) is 0. The molecule has 4 nitrogen and oxygen atoms in total. The quantitative estimate of drug-likeness (QED) is 0.923. The highest BCUT2D eigenvalue weighted by Gasteiger charge is 2.25. The lowest BCUT2D eigenvalue weighted by Gasteiger charge is -2.38. The number of para-hydroxylation sites is 1. The van der Waals surface area contributed by atoms with Crippen molar-refractivity contribution in [2.75, 3.05) is 36.4 Å². The summed E-state index contributed by atoms with van der Waals surface area (Å²) in [6, 6.07) is 17.4. The SMILES string of the molecule is CC(C(=O)Nc1ccccc1)N1CCN(c2cccc(Cl)c2)CC1. The van der Waals surface area contributed by atoms with Crippen LogP contribution in [0.3, 0.4) is 0 Å². The number of carbonyl (C=O) groups excluding carboxylic acids is 1. The molecule has 0 saturated carbocycles. The van der Waals surface area contributed by atoms with Crippen LogP contribution >= 0.6 is 11.6 Å². The maximum atomic E-state index is 12.4. The molecule has 126 valence electrons. The third-order valence-corrected chi connectivity index (χ3v) is 4.69. The molecule has 1 amide bonds. The zero-order valence-corrected chi connectivity index (χ0v) is 14.5. The van der Waals surface area contributed by atoms with Crippen LogP contribution in [0.15, 0.2) is 54.6 Å². The Morgan fingerprint density at radius 2 is 1.75 bits per heavy atom. The molecule has 1 atom stereocenters. The Balaban J connectivity index is 1.55. The first kappa shape index (κ1) is 16.8. The zero-order chi connectivity index (χ0) is 16.9. The third kappa shape index (κ3) is 4.08. The lowest BCUT2D eigenvalue weighted by molar-refractivity contribution is -0.120. The molecule has 1 aliphatic heterocycles. The Morgan fingerprint density at radius 3 is 2.42 bits per heavy atom. The lowest BCUT2D eigenvalue weighted by atomic mass is 10.2. The number of hydrogen-bond acceptors (Lipinski definition) is 3. The maximum absolute atomic E-state index is 12.4. The number of nitrogens with zero attached hydrogens (tertiary/aromatic N) is 2. The van der Waals surface area contributed by atoms with Crippen LogP contribution in [-0.4, -0.2) is 43.0 Å². The van der Waals surface area contributed by atoms with Crippen molar-refractivity contribution in [2.24, 2.45) is 0 Å². The molecule has 0 aromatic heterocycles. The molecule has 1 N–H and O–H groups in total. The number of halogens is 1. The summed E-state index contributed by atoms with van der Waals surface area (Å²) < 4.78 is 0. The Bertz CT molecular complexity index is 684. The number of anilines is 2. The van der Waals surface area contributed by atoms with E-state index < -0.39 is 0 Å². The van der Waals surface area contributed by atoms with Gasteiger partial charge >= 0.3 is 0 Å². The molecule has 2 aromatic rings. The van der Waals surface area contributed by atoms with Gasteiger partial charge in [-0.1, -0.05) is 35.9 Å². The van der Waals surface area contributed by atoms with E-state index in [2.05, 4.69) is 21.2 Å². The van der Waals surface area contributed by atoms with Crippen molar-refractivity contribution in [1.82, 2.24) is 4.90 Å². The van der Waals surface area contributed by atoms with Crippen molar-refractivity contribution in [3.05, 3.63) is 59.6 Å². The Labute approximate surface area is 148 Å². The minimum absolute atomic E-state index is 0.0393. The molecule has 1 aliphatic rings. The standard InChI is InChI=1S/C19H22ClN3O/c1-15(19(24)21-17-7-3-2-4-8-17)22-10-12-23(13-11-22)18-9-5-6-16(20)14-18/h2-9,14-15H,10-13H2,1H3,(H,21,24). The van der Waals surface area contributed by atoms with E-state index in [1.807, 2.05) is 55.5 Å². The van der Waals surface area contributed by atoms with Gasteiger partial charge in [0.15, 0.2) is 0 Å². The fourth-order valence-corrected chi connectivity index (χ4v) is 3.16. The van der Waals surface area contributed by atoms with Gasteiger partial charge in [-0.3, -0.25) is 9.69 Å². The summed E-state index contributed by atoms with van der Waals surface area (Å²) in [4.78, 5) is 17.0. The Morgan fingerprint density at radius 1 is 1.04 bits per heavy atom. The molecule has 1 saturated heterocycles. The molecule has 1 fully saturated rings. The number of amides is 1. The van der Waals surface area contributed by atoms with Crippen molar-refractivity contribution in [3.8, 4) is 0 Å². The predicted molar refractivity (Wildman–Crippen MR) is 99.8 cm³/mol. The van der Waals surface area contributed by atoms with Crippen molar-refractivity contribution in [1.29, 1.82) is 0 Å². The van der Waals surface area contributed by atoms with E-state index in [-0.39, 0.29) is 11.9 Å². The molecule has 0 bridgehead atoms. The van der Waals surface area contributed by atoms with Gasteiger partial charge in [0, 0.05) is 42.6 Å². The normalized spacial score (nSPS) is 16.7. The van der Waals surface area contributed by atoms with Gasteiger partial charge < -0.3 is 10.2 Å². The zero-order valence-electron chi connectivity index (χ0n) is 13.8. The van der Waals surface area contributed by atoms with Crippen molar-refractivity contribution in [2.45, 2.75) is 13.0 Å².